The van der Waals surface area contributed by atoms with Crippen LogP contribution in [0.2, 0.25) is 0 Å². The van der Waals surface area contributed by atoms with Gasteiger partial charge in [-0.3, -0.25) is 20.0 Å². The molecule has 0 spiro atoms. The van der Waals surface area contributed by atoms with Crippen LogP contribution in [0.4, 0.5) is 0 Å². The predicted octanol–water partition coefficient (Wildman–Crippen LogP) is 0.384. The largest absolute Gasteiger partial charge is 0.306 e. The summed E-state index contributed by atoms with van der Waals surface area (Å²) in [6.45, 7) is 0.423. The van der Waals surface area contributed by atoms with Gasteiger partial charge < -0.3 is 4.57 Å². The highest BCUT2D eigenvalue weighted by Crippen LogP contribution is 2.20. The van der Waals surface area contributed by atoms with Gasteiger partial charge in [0.25, 0.3) is 11.5 Å². The van der Waals surface area contributed by atoms with Gasteiger partial charge in [-0.2, -0.15) is 0 Å². The number of amides is 1. The van der Waals surface area contributed by atoms with E-state index in [1.54, 1.807) is 22.8 Å². The predicted molar refractivity (Wildman–Crippen MR) is 77.7 cm³/mol. The van der Waals surface area contributed by atoms with Gasteiger partial charge in [0, 0.05) is 18.0 Å². The lowest BCUT2D eigenvalue weighted by Gasteiger charge is -2.11. The maximum absolute atomic E-state index is 12.1. The van der Waals surface area contributed by atoms with Crippen molar-refractivity contribution in [3.8, 4) is 0 Å². The van der Waals surface area contributed by atoms with Crippen molar-refractivity contribution in [3.05, 3.63) is 63.3 Å². The second-order valence-corrected chi connectivity index (χ2v) is 5.09. The number of carbonyl (C=O) groups excluding carboxylic acids is 1. The molecule has 1 aliphatic rings. The molecule has 0 saturated carbocycles. The molecule has 0 bridgehead atoms. The van der Waals surface area contributed by atoms with E-state index in [-0.39, 0.29) is 11.5 Å². The van der Waals surface area contributed by atoms with Crippen molar-refractivity contribution in [3.63, 3.8) is 0 Å². The molecule has 0 saturated heterocycles. The van der Waals surface area contributed by atoms with E-state index in [9.17, 15) is 9.59 Å². The van der Waals surface area contributed by atoms with Gasteiger partial charge in [-0.1, -0.05) is 6.07 Å². The van der Waals surface area contributed by atoms with Gasteiger partial charge in [-0.25, -0.2) is 5.84 Å². The lowest BCUT2D eigenvalue weighted by atomic mass is 10.2. The first-order valence-electron chi connectivity index (χ1n) is 6.86. The number of nitrogens with one attached hydrogen (secondary N) is 1. The highest BCUT2D eigenvalue weighted by molar-refractivity contribution is 5.93. The molecule has 6 nitrogen and oxygen atoms in total. The monoisotopic (exact) mass is 284 g/mol. The zero-order valence-corrected chi connectivity index (χ0v) is 11.5. The minimum Gasteiger partial charge on any atom is -0.306 e. The van der Waals surface area contributed by atoms with Gasteiger partial charge in [0.15, 0.2) is 0 Å². The Hall–Kier alpha value is -2.47. The molecule has 0 fully saturated rings. The molecule has 3 rings (SSSR count). The fraction of sp³-hybridized carbons (Fsp3) is 0.267. The second kappa shape index (κ2) is 5.49. The molecule has 108 valence electrons. The lowest BCUT2D eigenvalue weighted by molar-refractivity contribution is 0.0953. The number of hydrogen-bond donors (Lipinski definition) is 2. The van der Waals surface area contributed by atoms with Crippen LogP contribution in [-0.2, 0) is 19.4 Å². The number of nitrogens with two attached hydrogens (primary N) is 1. The van der Waals surface area contributed by atoms with Crippen molar-refractivity contribution in [1.82, 2.24) is 15.0 Å². The number of aromatic nitrogens is 2. The Labute approximate surface area is 121 Å². The molecule has 3 N–H and O–H groups in total. The number of nitrogen functional groups attached to an aromatic ring is 1. The molecule has 1 aliphatic carbocycles. The molecule has 2 heterocycles. The Morgan fingerprint density at radius 3 is 2.86 bits per heavy atom. The molecule has 0 aromatic carbocycles. The quantitative estimate of drug-likeness (QED) is 0.484. The van der Waals surface area contributed by atoms with Crippen LogP contribution in [0.3, 0.4) is 0 Å². The van der Waals surface area contributed by atoms with Crippen LogP contribution in [-0.4, -0.2) is 15.5 Å². The summed E-state index contributed by atoms with van der Waals surface area (Å²) in [6, 6.07) is 6.92. The molecule has 0 radical (unpaired) electrons. The summed E-state index contributed by atoms with van der Waals surface area (Å²) < 4.78 is 1.77. The average molecular weight is 284 g/mol. The van der Waals surface area contributed by atoms with Crippen LogP contribution in [0.1, 0.15) is 33.7 Å². The third kappa shape index (κ3) is 2.57. The first kappa shape index (κ1) is 13.5. The average Bonchev–Trinajstić information content (AvgIpc) is 2.99. The lowest BCUT2D eigenvalue weighted by Crippen LogP contribution is -2.30. The molecule has 2 aromatic rings. The Bertz CT molecular complexity index is 734. The first-order valence-corrected chi connectivity index (χ1v) is 6.86. The Kier molecular flexibility index (Phi) is 3.53. The van der Waals surface area contributed by atoms with E-state index in [4.69, 9.17) is 5.84 Å². The number of hydrazine groups is 1. The van der Waals surface area contributed by atoms with Crippen molar-refractivity contribution >= 4 is 5.91 Å². The number of rotatable bonds is 3. The van der Waals surface area contributed by atoms with Crippen LogP contribution < -0.4 is 16.8 Å². The minimum absolute atomic E-state index is 0.0128. The maximum atomic E-state index is 12.1. The van der Waals surface area contributed by atoms with Crippen molar-refractivity contribution in [1.29, 1.82) is 0 Å². The minimum atomic E-state index is -0.383. The third-order valence-electron chi connectivity index (χ3n) is 3.79. The summed E-state index contributed by atoms with van der Waals surface area (Å²) in [5.41, 5.74) is 5.53. The van der Waals surface area contributed by atoms with E-state index in [2.05, 4.69) is 10.4 Å². The van der Waals surface area contributed by atoms with E-state index in [1.165, 1.54) is 11.8 Å². The van der Waals surface area contributed by atoms with Crippen molar-refractivity contribution in [2.24, 2.45) is 5.84 Å². The van der Waals surface area contributed by atoms with E-state index < -0.39 is 0 Å². The van der Waals surface area contributed by atoms with E-state index in [1.807, 2.05) is 6.07 Å². The van der Waals surface area contributed by atoms with Crippen molar-refractivity contribution in [2.75, 3.05) is 0 Å². The fourth-order valence-electron chi connectivity index (χ4n) is 2.70. The smallest absolute Gasteiger partial charge is 0.266 e. The van der Waals surface area contributed by atoms with Gasteiger partial charge in [-0.15, -0.1) is 0 Å². The summed E-state index contributed by atoms with van der Waals surface area (Å²) >= 11 is 0. The first-order chi connectivity index (χ1) is 10.2. The molecule has 2 aromatic heterocycles. The van der Waals surface area contributed by atoms with Crippen molar-refractivity contribution in [2.45, 2.75) is 25.8 Å². The summed E-state index contributed by atoms with van der Waals surface area (Å²) in [6.07, 6.45) is 4.51. The van der Waals surface area contributed by atoms with Gasteiger partial charge in [0.1, 0.15) is 0 Å². The third-order valence-corrected chi connectivity index (χ3v) is 3.79. The van der Waals surface area contributed by atoms with Gasteiger partial charge in [0.05, 0.1) is 17.8 Å². The SMILES string of the molecule is NNC(=O)c1ccc(Cn2c3c(ccc2=O)CCC3)nc1. The number of hydrogen-bond acceptors (Lipinski definition) is 4. The highest BCUT2D eigenvalue weighted by Gasteiger charge is 2.16. The number of pyridine rings is 2. The molecule has 0 atom stereocenters. The van der Waals surface area contributed by atoms with Gasteiger partial charge >= 0.3 is 0 Å². The molecule has 0 aliphatic heterocycles. The maximum Gasteiger partial charge on any atom is 0.266 e. The summed E-state index contributed by atoms with van der Waals surface area (Å²) in [5, 5.41) is 0. The highest BCUT2D eigenvalue weighted by atomic mass is 16.2. The normalized spacial score (nSPS) is 13.0. The van der Waals surface area contributed by atoms with E-state index >= 15 is 0 Å². The molecule has 1 amide bonds. The Balaban J connectivity index is 1.89. The summed E-state index contributed by atoms with van der Waals surface area (Å²) in [4.78, 5) is 27.7. The van der Waals surface area contributed by atoms with Crippen LogP contribution in [0.15, 0.2) is 35.3 Å². The van der Waals surface area contributed by atoms with E-state index in [0.29, 0.717) is 12.1 Å². The number of carbonyl (C=O) groups is 1. The molecule has 0 unspecified atom stereocenters. The zero-order valence-electron chi connectivity index (χ0n) is 11.5. The number of aryl methyl sites for hydroxylation is 1. The van der Waals surface area contributed by atoms with Crippen LogP contribution in [0.5, 0.6) is 0 Å². The van der Waals surface area contributed by atoms with Crippen LogP contribution >= 0.6 is 0 Å². The second-order valence-electron chi connectivity index (χ2n) is 5.09. The molecular formula is C15H16N4O2. The molecular weight excluding hydrogens is 268 g/mol. The Morgan fingerprint density at radius 2 is 2.14 bits per heavy atom. The molecule has 21 heavy (non-hydrogen) atoms. The number of nitrogens with zero attached hydrogens (tertiary/aromatic N) is 2. The van der Waals surface area contributed by atoms with E-state index in [0.717, 1.165) is 30.7 Å². The number of fused-ring (bicyclic) bond motifs is 1. The Morgan fingerprint density at radius 1 is 1.29 bits per heavy atom. The topological polar surface area (TPSA) is 90.0 Å². The zero-order chi connectivity index (χ0) is 14.8. The standard InChI is InChI=1S/C15H16N4O2/c16-18-15(21)11-4-6-12(17-8-11)9-19-13-3-1-2-10(13)5-7-14(19)20/h4-8H,1-3,9,16H2,(H,18,21). The summed E-state index contributed by atoms with van der Waals surface area (Å²) in [7, 11) is 0. The van der Waals surface area contributed by atoms with Crippen molar-refractivity contribution < 1.29 is 4.79 Å². The van der Waals surface area contributed by atoms with Crippen LogP contribution in [0.25, 0.3) is 0 Å². The summed E-state index contributed by atoms with van der Waals surface area (Å²) in [5.74, 6) is 4.69. The van der Waals surface area contributed by atoms with Gasteiger partial charge in [-0.05, 0) is 37.0 Å². The van der Waals surface area contributed by atoms with Crippen LogP contribution in [0, 0.1) is 0 Å². The van der Waals surface area contributed by atoms with Gasteiger partial charge in [0.2, 0.25) is 0 Å². The molecule has 6 heteroatoms. The fourth-order valence-corrected chi connectivity index (χ4v) is 2.70.